The first-order valence-electron chi connectivity index (χ1n) is 11.3. The van der Waals surface area contributed by atoms with Crippen LogP contribution in [0.4, 0.5) is 13.2 Å². The minimum Gasteiger partial charge on any atom is -0.459 e. The Bertz CT molecular complexity index is 1130. The molecule has 0 radical (unpaired) electrons. The van der Waals surface area contributed by atoms with Crippen LogP contribution in [0.15, 0.2) is 48.5 Å². The molecular formula is C26H34F3NO6S. The lowest BCUT2D eigenvalue weighted by Gasteiger charge is -2.23. The summed E-state index contributed by atoms with van der Waals surface area (Å²) >= 11 is 0. The van der Waals surface area contributed by atoms with Crippen LogP contribution in [0.3, 0.4) is 0 Å². The zero-order chi connectivity index (χ0) is 28.7. The van der Waals surface area contributed by atoms with E-state index in [1.165, 1.54) is 17.7 Å². The Hall–Kier alpha value is -2.92. The summed E-state index contributed by atoms with van der Waals surface area (Å²) in [7, 11) is -4.14. The van der Waals surface area contributed by atoms with Gasteiger partial charge in [-0.2, -0.15) is 21.6 Å². The van der Waals surface area contributed by atoms with Crippen molar-refractivity contribution in [1.82, 2.24) is 5.32 Å². The molecule has 0 aliphatic heterocycles. The molecule has 0 saturated heterocycles. The van der Waals surface area contributed by atoms with Gasteiger partial charge < -0.3 is 14.2 Å². The molecular weight excluding hydrogens is 511 g/mol. The van der Waals surface area contributed by atoms with Crippen molar-refractivity contribution >= 4 is 22.4 Å². The second-order valence-corrected chi connectivity index (χ2v) is 11.7. The molecule has 0 bridgehead atoms. The highest BCUT2D eigenvalue weighted by atomic mass is 32.2. The van der Waals surface area contributed by atoms with Gasteiger partial charge in [-0.1, -0.05) is 57.2 Å². The van der Waals surface area contributed by atoms with E-state index in [1.54, 1.807) is 27.8 Å². The average Bonchev–Trinajstić information content (AvgIpc) is 2.76. The van der Waals surface area contributed by atoms with E-state index in [4.69, 9.17) is 4.74 Å². The maximum atomic E-state index is 12.3. The summed E-state index contributed by atoms with van der Waals surface area (Å²) in [5.41, 5.74) is -3.41. The number of carbonyl (C=O) groups is 2. The second kappa shape index (κ2) is 12.6. The highest BCUT2D eigenvalue weighted by Gasteiger charge is 2.48. The molecule has 1 unspecified atom stereocenters. The summed E-state index contributed by atoms with van der Waals surface area (Å²) < 4.78 is 67.9. The molecule has 0 aromatic heterocycles. The number of nitrogens with one attached hydrogen (secondary N) is 1. The van der Waals surface area contributed by atoms with Crippen LogP contribution in [0.25, 0.3) is 0 Å². The topological polar surface area (TPSA) is 98.8 Å². The van der Waals surface area contributed by atoms with Gasteiger partial charge in [0.05, 0.1) is 0 Å². The van der Waals surface area contributed by atoms with E-state index >= 15 is 0 Å². The summed E-state index contributed by atoms with van der Waals surface area (Å²) in [6, 6.07) is 12.0. The third kappa shape index (κ3) is 10.9. The smallest absolute Gasteiger partial charge is 0.459 e. The monoisotopic (exact) mass is 545 g/mol. The molecule has 2 aromatic carbocycles. The van der Waals surface area contributed by atoms with Crippen molar-refractivity contribution in [1.29, 1.82) is 0 Å². The summed E-state index contributed by atoms with van der Waals surface area (Å²) in [4.78, 5) is 22.4. The Labute approximate surface area is 216 Å². The molecule has 0 amide bonds. The first-order chi connectivity index (χ1) is 16.8. The number of likely N-dealkylation sites (N-methyl/N-ethyl adjacent to an activating group) is 1. The first kappa shape index (κ1) is 32.1. The molecule has 0 aliphatic carbocycles. The van der Waals surface area contributed by atoms with Crippen LogP contribution < -0.4 is 9.50 Å². The van der Waals surface area contributed by atoms with E-state index in [2.05, 4.69) is 30.3 Å². The van der Waals surface area contributed by atoms with Crippen molar-refractivity contribution in [2.24, 2.45) is 0 Å². The normalized spacial score (nSPS) is 13.1. The lowest BCUT2D eigenvalue weighted by Crippen LogP contribution is -2.41. The fourth-order valence-corrected chi connectivity index (χ4v) is 3.29. The summed E-state index contributed by atoms with van der Waals surface area (Å²) in [6.07, 6.45) is 1.07. The van der Waals surface area contributed by atoms with Gasteiger partial charge in [0, 0.05) is 5.56 Å². The van der Waals surface area contributed by atoms with Crippen molar-refractivity contribution in [3.8, 4) is 5.75 Å². The minimum absolute atomic E-state index is 0.168. The molecule has 2 aromatic rings. The highest BCUT2D eigenvalue weighted by molar-refractivity contribution is 7.88. The minimum atomic E-state index is -5.71. The quantitative estimate of drug-likeness (QED) is 0.221. The van der Waals surface area contributed by atoms with Gasteiger partial charge in [-0.3, -0.25) is 9.59 Å². The summed E-state index contributed by atoms with van der Waals surface area (Å²) in [6.45, 7) is 11.6. The van der Waals surface area contributed by atoms with Gasteiger partial charge in [-0.15, -0.1) is 0 Å². The molecule has 0 aliphatic rings. The third-order valence-electron chi connectivity index (χ3n) is 4.81. The Morgan fingerprint density at radius 3 is 1.84 bits per heavy atom. The molecule has 2 rings (SSSR count). The van der Waals surface area contributed by atoms with Gasteiger partial charge in [0.15, 0.2) is 0 Å². The van der Waals surface area contributed by atoms with Crippen LogP contribution >= 0.6 is 0 Å². The molecule has 1 N–H and O–H groups in total. The third-order valence-corrected chi connectivity index (χ3v) is 5.78. The number of halogens is 3. The van der Waals surface area contributed by atoms with Crippen molar-refractivity contribution < 1.29 is 40.1 Å². The number of carbonyl (C=O) groups excluding carboxylic acids is 2. The summed E-state index contributed by atoms with van der Waals surface area (Å²) in [5.74, 6) is -0.950. The van der Waals surface area contributed by atoms with Gasteiger partial charge in [-0.25, -0.2) is 0 Å². The number of rotatable bonds is 7. The Balaban J connectivity index is 0.000000474. The lowest BCUT2D eigenvalue weighted by molar-refractivity contribution is -0.157. The summed E-state index contributed by atoms with van der Waals surface area (Å²) in [5, 5.41) is 2.80. The van der Waals surface area contributed by atoms with Gasteiger partial charge >= 0.3 is 21.6 Å². The van der Waals surface area contributed by atoms with Crippen LogP contribution in [0.2, 0.25) is 0 Å². The molecule has 0 spiro atoms. The Kier molecular flexibility index (Phi) is 10.9. The fraction of sp³-hybridized carbons (Fsp3) is 0.462. The van der Waals surface area contributed by atoms with Crippen molar-refractivity contribution in [2.45, 2.75) is 70.5 Å². The largest absolute Gasteiger partial charge is 0.534 e. The van der Waals surface area contributed by atoms with Crippen LogP contribution in [0, 0.1) is 0 Å². The first-order valence-corrected chi connectivity index (χ1v) is 12.8. The number of hydrogen-bond acceptors (Lipinski definition) is 7. The molecule has 0 heterocycles. The maximum absolute atomic E-state index is 12.3. The highest BCUT2D eigenvalue weighted by Crippen LogP contribution is 2.27. The van der Waals surface area contributed by atoms with E-state index in [9.17, 15) is 31.2 Å². The molecule has 11 heteroatoms. The van der Waals surface area contributed by atoms with Crippen LogP contribution in [0.5, 0.6) is 5.75 Å². The number of hydrogen-bond donors (Lipinski definition) is 1. The molecule has 0 saturated carbocycles. The Morgan fingerprint density at radius 2 is 1.46 bits per heavy atom. The number of aldehydes is 1. The van der Waals surface area contributed by atoms with Gasteiger partial charge in [0.2, 0.25) is 0 Å². The molecule has 37 heavy (non-hydrogen) atoms. The second-order valence-electron chi connectivity index (χ2n) is 10.2. The zero-order valence-electron chi connectivity index (χ0n) is 22.0. The number of esters is 1. The predicted molar refractivity (Wildman–Crippen MR) is 135 cm³/mol. The van der Waals surface area contributed by atoms with E-state index < -0.39 is 39.0 Å². The number of alkyl halides is 3. The molecule has 7 nitrogen and oxygen atoms in total. The predicted octanol–water partition coefficient (Wildman–Crippen LogP) is 5.18. The Morgan fingerprint density at radius 1 is 0.946 bits per heavy atom. The number of benzene rings is 2. The van der Waals surface area contributed by atoms with Crippen LogP contribution in [-0.2, 0) is 31.5 Å². The van der Waals surface area contributed by atoms with E-state index in [0.29, 0.717) is 5.56 Å². The van der Waals surface area contributed by atoms with E-state index in [-0.39, 0.29) is 11.8 Å². The van der Waals surface area contributed by atoms with E-state index in [1.807, 2.05) is 24.3 Å². The van der Waals surface area contributed by atoms with Crippen LogP contribution in [-0.4, -0.2) is 44.9 Å². The van der Waals surface area contributed by atoms with E-state index in [0.717, 1.165) is 24.0 Å². The van der Waals surface area contributed by atoms with Crippen molar-refractivity contribution in [3.05, 3.63) is 65.2 Å². The lowest BCUT2D eigenvalue weighted by atomic mass is 9.87. The fourth-order valence-electron chi connectivity index (χ4n) is 2.83. The molecule has 0 fully saturated rings. The van der Waals surface area contributed by atoms with Gasteiger partial charge in [0.1, 0.15) is 23.7 Å². The average molecular weight is 546 g/mol. The molecule has 1 atom stereocenters. The zero-order valence-corrected chi connectivity index (χ0v) is 22.8. The molecule has 206 valence electrons. The SMILES string of the molecule is CC(C)(C)c1ccc(C=O)cc1.CNC(Cc1ccc(OS(=O)(=O)C(F)(F)F)cc1)C(=O)OC(C)(C)C. The van der Waals surface area contributed by atoms with Crippen LogP contribution in [0.1, 0.15) is 63.0 Å². The van der Waals surface area contributed by atoms with Gasteiger partial charge in [-0.05, 0) is 62.9 Å². The van der Waals surface area contributed by atoms with Crippen molar-refractivity contribution in [2.75, 3.05) is 7.05 Å². The number of ether oxygens (including phenoxy) is 1. The van der Waals surface area contributed by atoms with Crippen molar-refractivity contribution in [3.63, 3.8) is 0 Å². The van der Waals surface area contributed by atoms with Gasteiger partial charge in [0.25, 0.3) is 0 Å². The maximum Gasteiger partial charge on any atom is 0.534 e. The standard InChI is InChI=1S/C15H20F3NO5S.C11H14O/c1-14(2,3)23-13(20)12(19-4)9-10-5-7-11(8-6-10)24-25(21,22)15(16,17)18;1-11(2,3)10-6-4-9(8-12)5-7-10/h5-8,12,19H,9H2,1-4H3;4-8H,1-3H3.